The van der Waals surface area contributed by atoms with E-state index in [0.29, 0.717) is 44.4 Å². The highest BCUT2D eigenvalue weighted by molar-refractivity contribution is 5.82. The number of nitrogens with zero attached hydrogens (tertiary/aromatic N) is 3. The fourth-order valence-corrected chi connectivity index (χ4v) is 4.09. The Bertz CT molecular complexity index is 815. The second-order valence-corrected chi connectivity index (χ2v) is 7.40. The minimum atomic E-state index is 0.109. The van der Waals surface area contributed by atoms with Crippen LogP contribution in [0.5, 0.6) is 0 Å². The summed E-state index contributed by atoms with van der Waals surface area (Å²) in [5.41, 5.74) is 2.48. The lowest BCUT2D eigenvalue weighted by molar-refractivity contribution is -0.141. The molecule has 0 atom stereocenters. The minimum Gasteiger partial charge on any atom is -0.441 e. The van der Waals surface area contributed by atoms with Crippen LogP contribution in [0, 0.1) is 12.8 Å². The summed E-state index contributed by atoms with van der Waals surface area (Å²) in [6.07, 6.45) is 4.76. The van der Waals surface area contributed by atoms with Gasteiger partial charge < -0.3 is 14.2 Å². The summed E-state index contributed by atoms with van der Waals surface area (Å²) in [5.74, 6) is 1.25. The van der Waals surface area contributed by atoms with Crippen molar-refractivity contribution in [3.05, 3.63) is 29.7 Å². The third-order valence-electron chi connectivity index (χ3n) is 5.56. The summed E-state index contributed by atoms with van der Waals surface area (Å²) in [6.45, 7) is 4.38. The zero-order valence-electron chi connectivity index (χ0n) is 15.2. The number of hydrogen-bond acceptors (Lipinski definition) is 4. The van der Waals surface area contributed by atoms with Gasteiger partial charge in [0.05, 0.1) is 6.42 Å². The molecule has 2 fully saturated rings. The van der Waals surface area contributed by atoms with Crippen molar-refractivity contribution in [2.75, 3.05) is 26.2 Å². The number of rotatable bonds is 3. The molecular weight excluding hydrogens is 330 g/mol. The Labute approximate surface area is 153 Å². The van der Waals surface area contributed by atoms with Crippen molar-refractivity contribution in [2.24, 2.45) is 5.92 Å². The number of piperazine rings is 1. The van der Waals surface area contributed by atoms with Crippen molar-refractivity contribution < 1.29 is 14.0 Å². The topological polar surface area (TPSA) is 66.7 Å². The summed E-state index contributed by atoms with van der Waals surface area (Å²) in [4.78, 5) is 33.3. The van der Waals surface area contributed by atoms with Crippen LogP contribution in [0.3, 0.4) is 0 Å². The summed E-state index contributed by atoms with van der Waals surface area (Å²) in [7, 11) is 0. The van der Waals surface area contributed by atoms with Crippen LogP contribution in [0.4, 0.5) is 0 Å². The zero-order valence-corrected chi connectivity index (χ0v) is 15.2. The van der Waals surface area contributed by atoms with E-state index in [-0.39, 0.29) is 11.8 Å². The van der Waals surface area contributed by atoms with Crippen molar-refractivity contribution in [2.45, 2.75) is 39.0 Å². The molecule has 1 aromatic carbocycles. The highest BCUT2D eigenvalue weighted by Gasteiger charge is 2.30. The molecule has 2 aliphatic rings. The normalized spacial score (nSPS) is 18.7. The molecule has 0 spiro atoms. The van der Waals surface area contributed by atoms with Crippen molar-refractivity contribution in [1.82, 2.24) is 14.8 Å². The van der Waals surface area contributed by atoms with Gasteiger partial charge >= 0.3 is 0 Å². The molecule has 1 saturated heterocycles. The van der Waals surface area contributed by atoms with Gasteiger partial charge in [-0.2, -0.15) is 0 Å². The number of benzene rings is 1. The fourth-order valence-electron chi connectivity index (χ4n) is 4.09. The van der Waals surface area contributed by atoms with Crippen LogP contribution in [0.1, 0.15) is 37.1 Å². The monoisotopic (exact) mass is 355 g/mol. The second kappa shape index (κ2) is 7.09. The smallest absolute Gasteiger partial charge is 0.227 e. The highest BCUT2D eigenvalue weighted by Crippen LogP contribution is 2.27. The lowest BCUT2D eigenvalue weighted by atomic mass is 10.1. The van der Waals surface area contributed by atoms with Gasteiger partial charge in [0.15, 0.2) is 11.5 Å². The third-order valence-corrected chi connectivity index (χ3v) is 5.56. The van der Waals surface area contributed by atoms with Crippen molar-refractivity contribution in [3.8, 4) is 0 Å². The fraction of sp³-hybridized carbons (Fsp3) is 0.550. The van der Waals surface area contributed by atoms with E-state index < -0.39 is 0 Å². The molecule has 0 bridgehead atoms. The van der Waals surface area contributed by atoms with Crippen LogP contribution in [0.15, 0.2) is 22.6 Å². The van der Waals surface area contributed by atoms with E-state index in [1.54, 1.807) is 0 Å². The van der Waals surface area contributed by atoms with E-state index in [4.69, 9.17) is 4.42 Å². The minimum absolute atomic E-state index is 0.109. The van der Waals surface area contributed by atoms with Crippen LogP contribution in [-0.2, 0) is 16.0 Å². The van der Waals surface area contributed by atoms with E-state index in [0.717, 1.165) is 29.5 Å². The maximum absolute atomic E-state index is 12.6. The number of aryl methyl sites for hydroxylation is 1. The van der Waals surface area contributed by atoms with Crippen molar-refractivity contribution >= 4 is 22.9 Å². The number of amides is 2. The third kappa shape index (κ3) is 3.45. The molecule has 1 saturated carbocycles. The molecule has 1 aliphatic carbocycles. The van der Waals surface area contributed by atoms with Crippen molar-refractivity contribution in [3.63, 3.8) is 0 Å². The summed E-state index contributed by atoms with van der Waals surface area (Å²) in [5, 5.41) is 0. The average molecular weight is 355 g/mol. The number of carbonyl (C=O) groups excluding carboxylic acids is 2. The summed E-state index contributed by atoms with van der Waals surface area (Å²) in [6, 6.07) is 5.71. The predicted molar refractivity (Wildman–Crippen MR) is 97.6 cm³/mol. The average Bonchev–Trinajstić information content (AvgIpc) is 3.29. The van der Waals surface area contributed by atoms with Gasteiger partial charge in [0.2, 0.25) is 11.8 Å². The number of aromatic nitrogens is 1. The standard InChI is InChI=1S/C20H25N3O3/c1-14-21-17-12-15(6-7-18(17)26-14)13-19(24)22-8-10-23(11-9-22)20(25)16-4-2-3-5-16/h6-7,12,16H,2-5,8-11,13H2,1H3. The number of hydrogen-bond donors (Lipinski definition) is 0. The Morgan fingerprint density at radius 3 is 2.54 bits per heavy atom. The molecule has 6 heteroatoms. The number of fused-ring (bicyclic) bond motifs is 1. The molecule has 4 rings (SSSR count). The van der Waals surface area contributed by atoms with Crippen LogP contribution in [-0.4, -0.2) is 52.8 Å². The molecule has 26 heavy (non-hydrogen) atoms. The van der Waals surface area contributed by atoms with Gasteiger partial charge in [-0.3, -0.25) is 9.59 Å². The summed E-state index contributed by atoms with van der Waals surface area (Å²) >= 11 is 0. The molecule has 138 valence electrons. The van der Waals surface area contributed by atoms with E-state index in [9.17, 15) is 9.59 Å². The van der Waals surface area contributed by atoms with Gasteiger partial charge in [-0.05, 0) is 30.5 Å². The molecule has 0 radical (unpaired) electrons. The first kappa shape index (κ1) is 17.1. The van der Waals surface area contributed by atoms with E-state index in [1.807, 2.05) is 34.9 Å². The van der Waals surface area contributed by atoms with Gasteiger partial charge in [-0.1, -0.05) is 18.9 Å². The molecule has 2 heterocycles. The Kier molecular flexibility index (Phi) is 4.66. The number of oxazole rings is 1. The van der Waals surface area contributed by atoms with Gasteiger partial charge in [-0.25, -0.2) is 4.98 Å². The van der Waals surface area contributed by atoms with Gasteiger partial charge in [-0.15, -0.1) is 0 Å². The molecule has 6 nitrogen and oxygen atoms in total. The Hall–Kier alpha value is -2.37. The van der Waals surface area contributed by atoms with E-state index in [1.165, 1.54) is 12.8 Å². The lowest BCUT2D eigenvalue weighted by Crippen LogP contribution is -2.52. The molecule has 1 aromatic heterocycles. The van der Waals surface area contributed by atoms with Crippen LogP contribution in [0.2, 0.25) is 0 Å². The number of carbonyl (C=O) groups is 2. The molecule has 0 unspecified atom stereocenters. The quantitative estimate of drug-likeness (QED) is 0.849. The lowest BCUT2D eigenvalue weighted by Gasteiger charge is -2.36. The molecule has 1 aliphatic heterocycles. The first-order valence-electron chi connectivity index (χ1n) is 9.53. The largest absolute Gasteiger partial charge is 0.441 e. The molecule has 0 N–H and O–H groups in total. The van der Waals surface area contributed by atoms with Crippen LogP contribution < -0.4 is 0 Å². The van der Waals surface area contributed by atoms with Gasteiger partial charge in [0.1, 0.15) is 5.52 Å². The Morgan fingerprint density at radius 1 is 1.12 bits per heavy atom. The van der Waals surface area contributed by atoms with E-state index in [2.05, 4.69) is 4.98 Å². The van der Waals surface area contributed by atoms with Crippen molar-refractivity contribution in [1.29, 1.82) is 0 Å². The first-order chi connectivity index (χ1) is 12.6. The van der Waals surface area contributed by atoms with E-state index >= 15 is 0 Å². The Balaban J connectivity index is 1.33. The summed E-state index contributed by atoms with van der Waals surface area (Å²) < 4.78 is 5.48. The highest BCUT2D eigenvalue weighted by atomic mass is 16.3. The predicted octanol–water partition coefficient (Wildman–Crippen LogP) is 2.54. The maximum atomic E-state index is 12.6. The SMILES string of the molecule is Cc1nc2cc(CC(=O)N3CCN(C(=O)C4CCCC4)CC3)ccc2o1. The first-order valence-corrected chi connectivity index (χ1v) is 9.53. The molecule has 2 aromatic rings. The van der Waals surface area contributed by atoms with Gasteiger partial charge in [0.25, 0.3) is 0 Å². The van der Waals surface area contributed by atoms with Crippen LogP contribution >= 0.6 is 0 Å². The molecular formula is C20H25N3O3. The molecule has 2 amide bonds. The second-order valence-electron chi connectivity index (χ2n) is 7.40. The Morgan fingerprint density at radius 2 is 1.81 bits per heavy atom. The maximum Gasteiger partial charge on any atom is 0.227 e. The van der Waals surface area contributed by atoms with Crippen LogP contribution in [0.25, 0.3) is 11.1 Å². The van der Waals surface area contributed by atoms with Gasteiger partial charge in [0, 0.05) is 39.0 Å². The zero-order chi connectivity index (χ0) is 18.1.